The summed E-state index contributed by atoms with van der Waals surface area (Å²) in [7, 11) is 2.08. The van der Waals surface area contributed by atoms with E-state index in [-0.39, 0.29) is 48.6 Å². The maximum Gasteiger partial charge on any atom is 0.233 e. The summed E-state index contributed by atoms with van der Waals surface area (Å²) in [5.41, 5.74) is 0. The van der Waals surface area contributed by atoms with Gasteiger partial charge in [-0.15, -0.1) is 0 Å². The Labute approximate surface area is 136 Å². The highest BCUT2D eigenvalue weighted by Gasteiger charge is 2.46. The van der Waals surface area contributed by atoms with Crippen molar-refractivity contribution in [3.8, 4) is 0 Å². The van der Waals surface area contributed by atoms with Crippen LogP contribution in [-0.4, -0.2) is 60.2 Å². The van der Waals surface area contributed by atoms with Gasteiger partial charge in [-0.2, -0.15) is 0 Å². The van der Waals surface area contributed by atoms with Gasteiger partial charge in [0.25, 0.3) is 0 Å². The second kappa shape index (κ2) is 6.83. The lowest BCUT2D eigenvalue weighted by Gasteiger charge is -2.29. The quantitative estimate of drug-likeness (QED) is 0.606. The van der Waals surface area contributed by atoms with Crippen LogP contribution in [0.4, 0.5) is 0 Å². The maximum absolute atomic E-state index is 12.3. The predicted molar refractivity (Wildman–Crippen MR) is 85.4 cm³/mol. The zero-order valence-electron chi connectivity index (χ0n) is 13.7. The van der Waals surface area contributed by atoms with Crippen molar-refractivity contribution in [1.29, 1.82) is 0 Å². The number of imide groups is 1. The average molecular weight is 319 g/mol. The largest absolute Gasteiger partial charge is 0.353 e. The van der Waals surface area contributed by atoms with Crippen LogP contribution in [0.2, 0.25) is 0 Å². The molecule has 2 atom stereocenters. The van der Waals surface area contributed by atoms with Crippen LogP contribution in [0.1, 0.15) is 32.1 Å². The normalized spacial score (nSPS) is 29.0. The van der Waals surface area contributed by atoms with Gasteiger partial charge in [-0.3, -0.25) is 19.3 Å². The summed E-state index contributed by atoms with van der Waals surface area (Å²) in [4.78, 5) is 40.3. The fraction of sp³-hybridized carbons (Fsp3) is 0.706. The summed E-state index contributed by atoms with van der Waals surface area (Å²) in [6.07, 6.45) is 7.36. The van der Waals surface area contributed by atoms with Gasteiger partial charge in [0.1, 0.15) is 0 Å². The van der Waals surface area contributed by atoms with E-state index in [9.17, 15) is 14.4 Å². The topological polar surface area (TPSA) is 69.7 Å². The number of amides is 3. The third-order valence-electron chi connectivity index (χ3n) is 5.25. The van der Waals surface area contributed by atoms with Crippen LogP contribution in [0.15, 0.2) is 12.2 Å². The lowest BCUT2D eigenvalue weighted by atomic mass is 9.85. The van der Waals surface area contributed by atoms with E-state index in [2.05, 4.69) is 17.3 Å². The maximum atomic E-state index is 12.3. The van der Waals surface area contributed by atoms with Gasteiger partial charge < -0.3 is 10.2 Å². The van der Waals surface area contributed by atoms with Gasteiger partial charge in [-0.05, 0) is 45.8 Å². The molecular weight excluding hydrogens is 294 g/mol. The van der Waals surface area contributed by atoms with E-state index in [1.807, 2.05) is 12.2 Å². The number of carbonyl (C=O) groups is 3. The van der Waals surface area contributed by atoms with Crippen LogP contribution in [0.3, 0.4) is 0 Å². The third kappa shape index (κ3) is 3.47. The van der Waals surface area contributed by atoms with E-state index in [4.69, 9.17) is 0 Å². The first-order valence-electron chi connectivity index (χ1n) is 8.54. The second-order valence-corrected chi connectivity index (χ2v) is 6.88. The predicted octanol–water partition coefficient (Wildman–Crippen LogP) is 0.538. The number of carbonyl (C=O) groups excluding carboxylic acids is 3. The molecule has 1 N–H and O–H groups in total. The van der Waals surface area contributed by atoms with E-state index in [1.165, 1.54) is 4.90 Å². The molecule has 3 aliphatic rings. The lowest BCUT2D eigenvalue weighted by molar-refractivity contribution is -0.140. The van der Waals surface area contributed by atoms with Gasteiger partial charge in [0, 0.05) is 19.0 Å². The highest BCUT2D eigenvalue weighted by Crippen LogP contribution is 2.34. The summed E-state index contributed by atoms with van der Waals surface area (Å²) in [6.45, 7) is 2.19. The first kappa shape index (κ1) is 16.2. The van der Waals surface area contributed by atoms with Gasteiger partial charge >= 0.3 is 0 Å². The number of piperidine rings is 1. The van der Waals surface area contributed by atoms with E-state index in [1.54, 1.807) is 0 Å². The van der Waals surface area contributed by atoms with Crippen molar-refractivity contribution in [3.05, 3.63) is 12.2 Å². The number of nitrogens with zero attached hydrogens (tertiary/aromatic N) is 2. The standard InChI is InChI=1S/C17H25N3O3/c1-19-9-6-12(7-10-19)18-15(21)8-11-20-16(22)13-4-2-3-5-14(13)17(20)23/h2-3,12-14H,4-11H2,1H3,(H,18,21)/t13-,14+. The molecule has 3 rings (SSSR count). The number of fused-ring (bicyclic) bond motifs is 1. The first-order chi connectivity index (χ1) is 11.1. The van der Waals surface area contributed by atoms with Crippen molar-refractivity contribution in [2.24, 2.45) is 11.8 Å². The number of likely N-dealkylation sites (tertiary alicyclic amines) is 2. The molecule has 2 saturated heterocycles. The Hall–Kier alpha value is -1.69. The van der Waals surface area contributed by atoms with Crippen LogP contribution >= 0.6 is 0 Å². The molecule has 0 aromatic carbocycles. The van der Waals surface area contributed by atoms with Crippen LogP contribution in [0.25, 0.3) is 0 Å². The molecule has 2 aliphatic heterocycles. The number of rotatable bonds is 4. The molecule has 0 unspecified atom stereocenters. The molecule has 0 bridgehead atoms. The summed E-state index contributed by atoms with van der Waals surface area (Å²) in [5.74, 6) is -0.671. The molecule has 0 saturated carbocycles. The minimum absolute atomic E-state index is 0.0619. The molecule has 126 valence electrons. The molecule has 23 heavy (non-hydrogen) atoms. The Morgan fingerprint density at radius 3 is 2.26 bits per heavy atom. The van der Waals surface area contributed by atoms with Gasteiger partial charge in [-0.1, -0.05) is 12.2 Å². The summed E-state index contributed by atoms with van der Waals surface area (Å²) in [5, 5.41) is 3.03. The fourth-order valence-corrected chi connectivity index (χ4v) is 3.76. The van der Waals surface area contributed by atoms with Crippen LogP contribution in [0.5, 0.6) is 0 Å². The van der Waals surface area contributed by atoms with Crippen molar-refractivity contribution in [2.45, 2.75) is 38.1 Å². The van der Waals surface area contributed by atoms with Crippen molar-refractivity contribution in [2.75, 3.05) is 26.7 Å². The Morgan fingerprint density at radius 1 is 1.13 bits per heavy atom. The molecule has 0 aromatic rings. The van der Waals surface area contributed by atoms with Crippen LogP contribution < -0.4 is 5.32 Å². The van der Waals surface area contributed by atoms with Gasteiger partial charge in [-0.25, -0.2) is 0 Å². The van der Waals surface area contributed by atoms with Crippen LogP contribution in [0, 0.1) is 11.8 Å². The van der Waals surface area contributed by atoms with E-state index in [0.29, 0.717) is 12.8 Å². The molecule has 2 heterocycles. The number of hydrogen-bond acceptors (Lipinski definition) is 4. The van der Waals surface area contributed by atoms with E-state index < -0.39 is 0 Å². The number of hydrogen-bond donors (Lipinski definition) is 1. The first-order valence-corrected chi connectivity index (χ1v) is 8.54. The zero-order valence-corrected chi connectivity index (χ0v) is 13.7. The minimum Gasteiger partial charge on any atom is -0.353 e. The molecule has 2 fully saturated rings. The second-order valence-electron chi connectivity index (χ2n) is 6.88. The minimum atomic E-state index is -0.204. The molecule has 6 nitrogen and oxygen atoms in total. The summed E-state index contributed by atoms with van der Waals surface area (Å²) >= 11 is 0. The Morgan fingerprint density at radius 2 is 1.70 bits per heavy atom. The van der Waals surface area contributed by atoms with Crippen molar-refractivity contribution in [3.63, 3.8) is 0 Å². The third-order valence-corrected chi connectivity index (χ3v) is 5.25. The molecule has 6 heteroatoms. The highest BCUT2D eigenvalue weighted by atomic mass is 16.2. The van der Waals surface area contributed by atoms with Crippen molar-refractivity contribution >= 4 is 17.7 Å². The van der Waals surface area contributed by atoms with E-state index >= 15 is 0 Å². The Bertz CT molecular complexity index is 497. The van der Waals surface area contributed by atoms with Gasteiger partial charge in [0.15, 0.2) is 0 Å². The van der Waals surface area contributed by atoms with Gasteiger partial charge in [0.2, 0.25) is 17.7 Å². The number of nitrogens with one attached hydrogen (secondary N) is 1. The molecule has 0 aromatic heterocycles. The van der Waals surface area contributed by atoms with Crippen molar-refractivity contribution < 1.29 is 14.4 Å². The van der Waals surface area contributed by atoms with E-state index in [0.717, 1.165) is 25.9 Å². The SMILES string of the molecule is CN1CCC(NC(=O)CCN2C(=O)[C@H]3CC=CC[C@H]3C2=O)CC1. The molecular formula is C17H25N3O3. The molecule has 0 spiro atoms. The average Bonchev–Trinajstić information content (AvgIpc) is 2.80. The Balaban J connectivity index is 1.47. The molecule has 1 aliphatic carbocycles. The molecule has 0 radical (unpaired) electrons. The summed E-state index contributed by atoms with van der Waals surface area (Å²) in [6, 6.07) is 0.218. The number of allylic oxidation sites excluding steroid dienone is 2. The molecule has 3 amide bonds. The van der Waals surface area contributed by atoms with Crippen LogP contribution in [-0.2, 0) is 14.4 Å². The van der Waals surface area contributed by atoms with Crippen molar-refractivity contribution in [1.82, 2.24) is 15.1 Å². The smallest absolute Gasteiger partial charge is 0.233 e. The van der Waals surface area contributed by atoms with Gasteiger partial charge in [0.05, 0.1) is 11.8 Å². The fourth-order valence-electron chi connectivity index (χ4n) is 3.76. The lowest BCUT2D eigenvalue weighted by Crippen LogP contribution is -2.44. The summed E-state index contributed by atoms with van der Waals surface area (Å²) < 4.78 is 0. The highest BCUT2D eigenvalue weighted by molar-refractivity contribution is 6.05. The monoisotopic (exact) mass is 319 g/mol. The Kier molecular flexibility index (Phi) is 4.80. The zero-order chi connectivity index (χ0) is 16.4.